The number of amides is 1. The number of hydrogen-bond donors (Lipinski definition) is 9. The van der Waals surface area contributed by atoms with Crippen LogP contribution >= 0.6 is 0 Å². The highest BCUT2D eigenvalue weighted by molar-refractivity contribution is 5.76. The standard InChI is InChI=1S/C50H97NO13/c1-3-5-7-9-11-12-13-14-15-16-17-18-19-20-21-22-23-24-25-26-28-30-32-34-42(55)51-38(39(54)33-31-29-27-10-8-6-4-2)37-61-49-47(60)45(58)48(41(36-53)63-49)64-50-46(59)44(57)43(56)40(35-52)62-50/h38-41,43-50,52-54,56-60H,3-37H2,1-2H3,(H,51,55). The maximum atomic E-state index is 13.1. The van der Waals surface area contributed by atoms with Gasteiger partial charge in [-0.3, -0.25) is 4.79 Å². The van der Waals surface area contributed by atoms with E-state index in [1.165, 1.54) is 141 Å². The number of carbonyl (C=O) groups is 1. The minimum absolute atomic E-state index is 0.206. The molecule has 0 aromatic carbocycles. The molecule has 14 nitrogen and oxygen atoms in total. The van der Waals surface area contributed by atoms with Crippen LogP contribution in [0.3, 0.4) is 0 Å². The van der Waals surface area contributed by atoms with Crippen molar-refractivity contribution in [2.24, 2.45) is 0 Å². The molecule has 14 heteroatoms. The van der Waals surface area contributed by atoms with E-state index in [9.17, 15) is 45.6 Å². The van der Waals surface area contributed by atoms with Gasteiger partial charge in [-0.05, 0) is 12.8 Å². The molecular weight excluding hydrogens is 823 g/mol. The smallest absolute Gasteiger partial charge is 0.220 e. The third-order valence-electron chi connectivity index (χ3n) is 13.3. The predicted molar refractivity (Wildman–Crippen MR) is 249 cm³/mol. The van der Waals surface area contributed by atoms with Gasteiger partial charge in [-0.15, -0.1) is 0 Å². The molecule has 380 valence electrons. The van der Waals surface area contributed by atoms with Crippen molar-refractivity contribution in [2.75, 3.05) is 19.8 Å². The molecule has 2 aliphatic heterocycles. The zero-order chi connectivity index (χ0) is 46.8. The molecule has 2 heterocycles. The van der Waals surface area contributed by atoms with Gasteiger partial charge in [0, 0.05) is 6.42 Å². The lowest BCUT2D eigenvalue weighted by Crippen LogP contribution is -2.65. The maximum absolute atomic E-state index is 13.1. The van der Waals surface area contributed by atoms with E-state index in [0.717, 1.165) is 51.4 Å². The first kappa shape index (κ1) is 59.1. The molecule has 0 aliphatic carbocycles. The fourth-order valence-electron chi connectivity index (χ4n) is 9.00. The van der Waals surface area contributed by atoms with Crippen LogP contribution in [-0.4, -0.2) is 140 Å². The summed E-state index contributed by atoms with van der Waals surface area (Å²) in [5.74, 6) is -0.206. The number of hydrogen-bond acceptors (Lipinski definition) is 13. The van der Waals surface area contributed by atoms with E-state index >= 15 is 0 Å². The number of carbonyl (C=O) groups excluding carboxylic acids is 1. The van der Waals surface area contributed by atoms with E-state index in [0.29, 0.717) is 12.8 Å². The number of unbranched alkanes of at least 4 members (excludes halogenated alkanes) is 28. The van der Waals surface area contributed by atoms with Gasteiger partial charge in [0.25, 0.3) is 0 Å². The second-order valence-electron chi connectivity index (χ2n) is 19.0. The summed E-state index contributed by atoms with van der Waals surface area (Å²) >= 11 is 0. The van der Waals surface area contributed by atoms with E-state index in [1.54, 1.807) is 0 Å². The molecule has 0 saturated carbocycles. The molecule has 0 bridgehead atoms. The van der Waals surface area contributed by atoms with Crippen LogP contribution in [0.25, 0.3) is 0 Å². The van der Waals surface area contributed by atoms with Crippen LogP contribution < -0.4 is 5.32 Å². The molecule has 0 spiro atoms. The Hall–Kier alpha value is -1.01. The molecule has 12 atom stereocenters. The molecule has 9 N–H and O–H groups in total. The molecule has 64 heavy (non-hydrogen) atoms. The summed E-state index contributed by atoms with van der Waals surface area (Å²) in [5, 5.41) is 86.6. The van der Waals surface area contributed by atoms with Crippen LogP contribution in [0.4, 0.5) is 0 Å². The van der Waals surface area contributed by atoms with Crippen LogP contribution in [0.2, 0.25) is 0 Å². The third kappa shape index (κ3) is 24.8. The average molecular weight is 920 g/mol. The molecule has 2 saturated heterocycles. The molecule has 2 aliphatic rings. The van der Waals surface area contributed by atoms with Gasteiger partial charge < -0.3 is 65.1 Å². The number of rotatable bonds is 41. The first-order valence-electron chi connectivity index (χ1n) is 26.3. The number of aliphatic hydroxyl groups excluding tert-OH is 8. The van der Waals surface area contributed by atoms with Gasteiger partial charge in [-0.1, -0.05) is 200 Å². The van der Waals surface area contributed by atoms with Crippen molar-refractivity contribution < 1.29 is 64.6 Å². The molecule has 0 radical (unpaired) electrons. The van der Waals surface area contributed by atoms with Crippen molar-refractivity contribution >= 4 is 5.91 Å². The van der Waals surface area contributed by atoms with Gasteiger partial charge in [-0.25, -0.2) is 0 Å². The highest BCUT2D eigenvalue weighted by Gasteiger charge is 2.51. The first-order valence-corrected chi connectivity index (χ1v) is 26.3. The fraction of sp³-hybridized carbons (Fsp3) is 0.980. The zero-order valence-electron chi connectivity index (χ0n) is 40.3. The van der Waals surface area contributed by atoms with Crippen LogP contribution in [0.1, 0.15) is 219 Å². The summed E-state index contributed by atoms with van der Waals surface area (Å²) in [6, 6.07) is -0.819. The van der Waals surface area contributed by atoms with Crippen molar-refractivity contribution in [3.8, 4) is 0 Å². The Labute approximate surface area is 387 Å². The first-order chi connectivity index (χ1) is 31.1. The number of ether oxygens (including phenoxy) is 4. The lowest BCUT2D eigenvalue weighted by molar-refractivity contribution is -0.359. The summed E-state index contributed by atoms with van der Waals surface area (Å²) in [4.78, 5) is 13.1. The topological polar surface area (TPSA) is 228 Å². The Morgan fingerprint density at radius 1 is 0.500 bits per heavy atom. The summed E-state index contributed by atoms with van der Waals surface area (Å²) in [5.41, 5.74) is 0. The number of aliphatic hydroxyl groups is 8. The highest BCUT2D eigenvalue weighted by atomic mass is 16.7. The Kier molecular flexibility index (Phi) is 35.0. The molecule has 0 aromatic rings. The van der Waals surface area contributed by atoms with Gasteiger partial charge >= 0.3 is 0 Å². The maximum Gasteiger partial charge on any atom is 0.220 e. The molecule has 12 unspecified atom stereocenters. The molecular formula is C50H97NO13. The minimum atomic E-state index is -1.78. The van der Waals surface area contributed by atoms with Crippen molar-refractivity contribution in [3.63, 3.8) is 0 Å². The molecule has 1 amide bonds. The SMILES string of the molecule is CCCCCCCCCCCCCCCCCCCCCCCCCC(=O)NC(COC1OC(CO)C(OC2OC(CO)C(O)C(O)C2O)C(O)C1O)C(O)CCCCCCCCC. The summed E-state index contributed by atoms with van der Waals surface area (Å²) in [6.45, 7) is 2.81. The van der Waals surface area contributed by atoms with E-state index in [2.05, 4.69) is 19.2 Å². The lowest BCUT2D eigenvalue weighted by Gasteiger charge is -2.46. The van der Waals surface area contributed by atoms with Crippen LogP contribution in [0, 0.1) is 0 Å². The van der Waals surface area contributed by atoms with E-state index in [4.69, 9.17) is 18.9 Å². The van der Waals surface area contributed by atoms with Gasteiger partial charge in [0.15, 0.2) is 12.6 Å². The quantitative estimate of drug-likeness (QED) is 0.0282. The van der Waals surface area contributed by atoms with Gasteiger partial charge in [0.05, 0.1) is 32.0 Å². The van der Waals surface area contributed by atoms with Crippen molar-refractivity contribution in [1.82, 2.24) is 5.32 Å². The van der Waals surface area contributed by atoms with Gasteiger partial charge in [-0.2, -0.15) is 0 Å². The van der Waals surface area contributed by atoms with E-state index < -0.39 is 86.8 Å². The van der Waals surface area contributed by atoms with Gasteiger partial charge in [0.1, 0.15) is 48.8 Å². The van der Waals surface area contributed by atoms with E-state index in [-0.39, 0.29) is 12.5 Å². The monoisotopic (exact) mass is 920 g/mol. The second-order valence-corrected chi connectivity index (χ2v) is 19.0. The summed E-state index contributed by atoms with van der Waals surface area (Å²) in [7, 11) is 0. The van der Waals surface area contributed by atoms with E-state index in [1.807, 2.05) is 0 Å². The lowest BCUT2D eigenvalue weighted by atomic mass is 9.97. The Bertz CT molecular complexity index is 1090. The zero-order valence-corrected chi connectivity index (χ0v) is 40.3. The van der Waals surface area contributed by atoms with Crippen molar-refractivity contribution in [3.05, 3.63) is 0 Å². The molecule has 2 fully saturated rings. The normalized spacial score (nSPS) is 27.2. The van der Waals surface area contributed by atoms with Crippen LogP contribution in [0.15, 0.2) is 0 Å². The Morgan fingerprint density at radius 2 is 0.891 bits per heavy atom. The minimum Gasteiger partial charge on any atom is -0.394 e. The third-order valence-corrected chi connectivity index (χ3v) is 13.3. The molecule has 0 aromatic heterocycles. The molecule has 2 rings (SSSR count). The fourth-order valence-corrected chi connectivity index (χ4v) is 9.00. The number of nitrogens with one attached hydrogen (secondary N) is 1. The Balaban J connectivity index is 1.69. The van der Waals surface area contributed by atoms with Crippen molar-refractivity contribution in [2.45, 2.75) is 293 Å². The predicted octanol–water partition coefficient (Wildman–Crippen LogP) is 7.00. The van der Waals surface area contributed by atoms with Gasteiger partial charge in [0.2, 0.25) is 5.91 Å². The highest BCUT2D eigenvalue weighted by Crippen LogP contribution is 2.30. The summed E-state index contributed by atoms with van der Waals surface area (Å²) in [6.07, 6.45) is 21.5. The Morgan fingerprint density at radius 3 is 1.33 bits per heavy atom. The second kappa shape index (κ2) is 37.9. The van der Waals surface area contributed by atoms with Crippen LogP contribution in [-0.2, 0) is 23.7 Å². The summed E-state index contributed by atoms with van der Waals surface area (Å²) < 4.78 is 22.7. The van der Waals surface area contributed by atoms with Crippen LogP contribution in [0.5, 0.6) is 0 Å². The largest absolute Gasteiger partial charge is 0.394 e. The average Bonchev–Trinajstić information content (AvgIpc) is 3.29. The van der Waals surface area contributed by atoms with Crippen molar-refractivity contribution in [1.29, 1.82) is 0 Å².